The molecule has 0 radical (unpaired) electrons. The molecule has 2 rings (SSSR count). The first-order valence-electron chi connectivity index (χ1n) is 4.66. The normalized spacial score (nSPS) is 20.9. The van der Waals surface area contributed by atoms with Gasteiger partial charge in [0.25, 0.3) is 0 Å². The van der Waals surface area contributed by atoms with E-state index in [-0.39, 0.29) is 11.9 Å². The van der Waals surface area contributed by atoms with E-state index in [4.69, 9.17) is 4.74 Å². The molecule has 14 heavy (non-hydrogen) atoms. The minimum atomic E-state index is -0.225. The Hall–Kier alpha value is -0.740. The van der Waals surface area contributed by atoms with Crippen LogP contribution in [0.5, 0.6) is 5.75 Å². The zero-order valence-electron chi connectivity index (χ0n) is 7.92. The average molecular weight is 213 g/mol. The summed E-state index contributed by atoms with van der Waals surface area (Å²) >= 11 is 1.31. The Morgan fingerprint density at radius 1 is 1.64 bits per heavy atom. The van der Waals surface area contributed by atoms with Gasteiger partial charge in [0.1, 0.15) is 22.6 Å². The van der Waals surface area contributed by atoms with Gasteiger partial charge in [-0.25, -0.2) is 4.39 Å². The Balaban J connectivity index is 2.32. The van der Waals surface area contributed by atoms with Crippen LogP contribution in [-0.4, -0.2) is 12.6 Å². The molecule has 0 spiro atoms. The summed E-state index contributed by atoms with van der Waals surface area (Å²) in [5.41, 5.74) is 0. The first kappa shape index (κ1) is 9.80. The van der Waals surface area contributed by atoms with Crippen LogP contribution in [0.4, 0.5) is 4.39 Å². The highest BCUT2D eigenvalue weighted by Crippen LogP contribution is 2.32. The van der Waals surface area contributed by atoms with Gasteiger partial charge in [0.2, 0.25) is 0 Å². The van der Waals surface area contributed by atoms with Gasteiger partial charge in [0.15, 0.2) is 0 Å². The SMILES string of the molecule is CC[C@@H]1CNSc2c(F)cccc2O1. The van der Waals surface area contributed by atoms with Crippen LogP contribution < -0.4 is 9.46 Å². The van der Waals surface area contributed by atoms with E-state index >= 15 is 0 Å². The van der Waals surface area contributed by atoms with Crippen LogP contribution in [-0.2, 0) is 0 Å². The number of hydrogen-bond donors (Lipinski definition) is 1. The number of halogens is 1. The molecule has 0 saturated heterocycles. The summed E-state index contributed by atoms with van der Waals surface area (Å²) < 4.78 is 22.1. The van der Waals surface area contributed by atoms with Crippen LogP contribution in [0.15, 0.2) is 23.1 Å². The summed E-state index contributed by atoms with van der Waals surface area (Å²) in [4.78, 5) is 0.559. The predicted molar refractivity (Wildman–Crippen MR) is 55.0 cm³/mol. The van der Waals surface area contributed by atoms with Gasteiger partial charge in [0.05, 0.1) is 0 Å². The first-order valence-corrected chi connectivity index (χ1v) is 5.47. The summed E-state index contributed by atoms with van der Waals surface area (Å²) in [6.45, 7) is 2.80. The van der Waals surface area contributed by atoms with Crippen molar-refractivity contribution in [2.45, 2.75) is 24.3 Å². The van der Waals surface area contributed by atoms with Crippen molar-refractivity contribution in [3.63, 3.8) is 0 Å². The van der Waals surface area contributed by atoms with E-state index in [1.807, 2.05) is 0 Å². The van der Waals surface area contributed by atoms with Gasteiger partial charge in [-0.15, -0.1) is 0 Å². The standard InChI is InChI=1S/C10H12FNOS/c1-2-7-6-12-14-10-8(11)4-3-5-9(10)13-7/h3-5,7,12H,2,6H2,1H3/t7-/m1/s1. The van der Waals surface area contributed by atoms with Gasteiger partial charge in [-0.2, -0.15) is 0 Å². The van der Waals surface area contributed by atoms with Crippen LogP contribution in [0.25, 0.3) is 0 Å². The van der Waals surface area contributed by atoms with Gasteiger partial charge < -0.3 is 4.74 Å². The lowest BCUT2D eigenvalue weighted by Gasteiger charge is -2.14. The number of hydrogen-bond acceptors (Lipinski definition) is 3. The lowest BCUT2D eigenvalue weighted by atomic mass is 10.2. The molecule has 0 aliphatic carbocycles. The van der Waals surface area contributed by atoms with E-state index in [2.05, 4.69) is 11.6 Å². The van der Waals surface area contributed by atoms with Crippen molar-refractivity contribution in [2.75, 3.05) is 6.54 Å². The molecule has 2 nitrogen and oxygen atoms in total. The fourth-order valence-corrected chi connectivity index (χ4v) is 2.13. The zero-order chi connectivity index (χ0) is 9.97. The van der Waals surface area contributed by atoms with Crippen molar-refractivity contribution in [1.29, 1.82) is 0 Å². The smallest absolute Gasteiger partial charge is 0.141 e. The molecule has 0 fully saturated rings. The fourth-order valence-electron chi connectivity index (χ4n) is 1.34. The Bertz CT molecular complexity index is 332. The van der Waals surface area contributed by atoms with Crippen LogP contribution in [0.1, 0.15) is 13.3 Å². The highest BCUT2D eigenvalue weighted by molar-refractivity contribution is 7.97. The van der Waals surface area contributed by atoms with Crippen molar-refractivity contribution in [3.05, 3.63) is 24.0 Å². The lowest BCUT2D eigenvalue weighted by molar-refractivity contribution is 0.199. The van der Waals surface area contributed by atoms with Crippen molar-refractivity contribution in [2.24, 2.45) is 0 Å². The van der Waals surface area contributed by atoms with Gasteiger partial charge in [-0.1, -0.05) is 13.0 Å². The van der Waals surface area contributed by atoms with Crippen molar-refractivity contribution in [1.82, 2.24) is 4.72 Å². The third kappa shape index (κ3) is 1.86. The molecular formula is C10H12FNOS. The minimum Gasteiger partial charge on any atom is -0.488 e. The van der Waals surface area contributed by atoms with Crippen molar-refractivity contribution in [3.8, 4) is 5.75 Å². The van der Waals surface area contributed by atoms with E-state index in [1.54, 1.807) is 12.1 Å². The van der Waals surface area contributed by atoms with E-state index in [9.17, 15) is 4.39 Å². The highest BCUT2D eigenvalue weighted by Gasteiger charge is 2.18. The molecule has 4 heteroatoms. The van der Waals surface area contributed by atoms with Gasteiger partial charge in [-0.05, 0) is 30.5 Å². The van der Waals surface area contributed by atoms with Crippen LogP contribution in [0.3, 0.4) is 0 Å². The molecule has 0 aromatic heterocycles. The van der Waals surface area contributed by atoms with Crippen LogP contribution in [0.2, 0.25) is 0 Å². The molecule has 1 atom stereocenters. The van der Waals surface area contributed by atoms with Gasteiger partial charge >= 0.3 is 0 Å². The molecule has 1 aromatic carbocycles. The largest absolute Gasteiger partial charge is 0.488 e. The van der Waals surface area contributed by atoms with Crippen molar-refractivity contribution < 1.29 is 9.13 Å². The van der Waals surface area contributed by atoms with E-state index < -0.39 is 0 Å². The molecule has 1 aliphatic rings. The molecule has 0 bridgehead atoms. The molecule has 1 aromatic rings. The summed E-state index contributed by atoms with van der Waals surface area (Å²) in [6, 6.07) is 4.93. The second-order valence-corrected chi connectivity index (χ2v) is 4.07. The molecule has 76 valence electrons. The molecule has 0 unspecified atom stereocenters. The number of rotatable bonds is 1. The number of fused-ring (bicyclic) bond motifs is 1. The Morgan fingerprint density at radius 3 is 3.29 bits per heavy atom. The number of benzene rings is 1. The number of ether oxygens (including phenoxy) is 1. The topological polar surface area (TPSA) is 21.3 Å². The Labute approximate surface area is 87.0 Å². The van der Waals surface area contributed by atoms with Crippen molar-refractivity contribution >= 4 is 11.9 Å². The minimum absolute atomic E-state index is 0.130. The molecular weight excluding hydrogens is 201 g/mol. The maximum Gasteiger partial charge on any atom is 0.141 e. The highest BCUT2D eigenvalue weighted by atomic mass is 32.2. The fraction of sp³-hybridized carbons (Fsp3) is 0.400. The summed E-state index contributed by atoms with van der Waals surface area (Å²) in [7, 11) is 0. The van der Waals surface area contributed by atoms with Gasteiger partial charge in [0, 0.05) is 6.54 Å². The van der Waals surface area contributed by atoms with Gasteiger partial charge in [-0.3, -0.25) is 4.72 Å². The average Bonchev–Trinajstić information content (AvgIpc) is 2.40. The van der Waals surface area contributed by atoms with Crippen LogP contribution >= 0.6 is 11.9 Å². The third-order valence-electron chi connectivity index (χ3n) is 2.17. The second-order valence-electron chi connectivity index (χ2n) is 3.17. The van der Waals surface area contributed by atoms with E-state index in [1.165, 1.54) is 18.0 Å². The first-order chi connectivity index (χ1) is 6.81. The van der Waals surface area contributed by atoms with E-state index in [0.29, 0.717) is 10.6 Å². The summed E-state index contributed by atoms with van der Waals surface area (Å²) in [5, 5.41) is 0. The third-order valence-corrected chi connectivity index (χ3v) is 3.08. The second kappa shape index (κ2) is 4.19. The quantitative estimate of drug-likeness (QED) is 0.724. The lowest BCUT2D eigenvalue weighted by Crippen LogP contribution is -2.25. The molecule has 0 saturated carbocycles. The Kier molecular flexibility index (Phi) is 2.93. The number of nitrogens with one attached hydrogen (secondary N) is 1. The Morgan fingerprint density at radius 2 is 2.50 bits per heavy atom. The monoisotopic (exact) mass is 213 g/mol. The summed E-state index contributed by atoms with van der Waals surface area (Å²) in [6.07, 6.45) is 1.05. The molecule has 1 N–H and O–H groups in total. The molecule has 0 amide bonds. The predicted octanol–water partition coefficient (Wildman–Crippen LogP) is 2.59. The summed E-state index contributed by atoms with van der Waals surface area (Å²) in [5.74, 6) is 0.420. The van der Waals surface area contributed by atoms with E-state index in [0.717, 1.165) is 13.0 Å². The maximum absolute atomic E-state index is 13.3. The zero-order valence-corrected chi connectivity index (χ0v) is 8.73. The molecule has 1 heterocycles. The van der Waals surface area contributed by atoms with Crippen LogP contribution in [0, 0.1) is 5.82 Å². The maximum atomic E-state index is 13.3. The molecule has 1 aliphatic heterocycles.